The number of carbonyl (C=O) groups is 2. The number of hydrogen-bond donors (Lipinski definition) is 2. The molecule has 0 atom stereocenters. The van der Waals surface area contributed by atoms with Crippen molar-refractivity contribution < 1.29 is 46.8 Å². The molecule has 0 aliphatic heterocycles. The van der Waals surface area contributed by atoms with Crippen LogP contribution >= 0.6 is 0 Å². The molecule has 0 aliphatic carbocycles. The largest absolute Gasteiger partial charge is 2.00 e. The Hall–Kier alpha value is -3.95. The Morgan fingerprint density at radius 3 is 1.29 bits per heavy atom. The molecule has 45 heavy (non-hydrogen) atoms. The van der Waals surface area contributed by atoms with E-state index in [-0.39, 0.29) is 28.3 Å². The Bertz CT molecular complexity index is 1330. The number of nitrogens with zero attached hydrogens (tertiary/aromatic N) is 2. The molecule has 0 unspecified atom stereocenters. The van der Waals surface area contributed by atoms with Gasteiger partial charge in [0.1, 0.15) is 11.5 Å². The molecule has 0 aliphatic rings. The second kappa shape index (κ2) is 20.9. The minimum Gasteiger partial charge on any atom is -0.550 e. The number of phenolic OH excluding ortho intramolecular Hbond substituents is 2. The van der Waals surface area contributed by atoms with E-state index in [0.29, 0.717) is 23.2 Å². The molecule has 3 aromatic carbocycles. The molecule has 0 saturated heterocycles. The van der Waals surface area contributed by atoms with Crippen LogP contribution in [0.2, 0.25) is 0 Å². The Morgan fingerprint density at radius 1 is 0.711 bits per heavy atom. The maximum atomic E-state index is 10.8. The number of carboxylic acid groups (broad SMARTS) is 2. The van der Waals surface area contributed by atoms with Crippen LogP contribution in [0.1, 0.15) is 88.8 Å². The number of aliphatic carboxylic acids is 2. The maximum absolute atomic E-state index is 10.8. The predicted molar refractivity (Wildman–Crippen MR) is 174 cm³/mol. The first-order valence-corrected chi connectivity index (χ1v) is 14.9. The van der Waals surface area contributed by atoms with Crippen molar-refractivity contribution in [3.8, 4) is 11.5 Å². The summed E-state index contributed by atoms with van der Waals surface area (Å²) in [4.78, 5) is 27.2. The number of carboxylic acids is 2. The van der Waals surface area contributed by atoms with Gasteiger partial charge in [-0.3, -0.25) is 9.98 Å². The number of aromatic hydroxyl groups is 2. The zero-order valence-electron chi connectivity index (χ0n) is 27.5. The number of phenols is 2. The molecule has 0 bridgehead atoms. The van der Waals surface area contributed by atoms with Gasteiger partial charge in [0.15, 0.2) is 0 Å². The van der Waals surface area contributed by atoms with Gasteiger partial charge in [-0.25, -0.2) is 0 Å². The number of aryl methyl sites for hydroxylation is 2. The summed E-state index contributed by atoms with van der Waals surface area (Å²) in [6, 6.07) is 15.9. The third kappa shape index (κ3) is 15.6. The summed E-state index contributed by atoms with van der Waals surface area (Å²) in [5.41, 5.74) is 7.12. The SMILES string of the molecule is CC(=O)[O-].CC(=O)[O-].CCc1cc(CC(C)C)cc(C=Nc2ccccc2N=Cc2cc(CC(C)C)cc(CC)c2O)c1O.[Co+2]. The molecule has 9 heteroatoms. The number of benzene rings is 3. The molecule has 3 rings (SSSR count). The number of rotatable bonds is 10. The van der Waals surface area contributed by atoms with Crippen LogP contribution in [0.3, 0.4) is 0 Å². The van der Waals surface area contributed by atoms with Crippen LogP contribution in [0.4, 0.5) is 11.4 Å². The fraction of sp³-hybridized carbons (Fsp3) is 0.389. The van der Waals surface area contributed by atoms with Crippen molar-refractivity contribution in [2.24, 2.45) is 21.8 Å². The number of carbonyl (C=O) groups excluding carboxylic acids is 2. The first-order valence-electron chi connectivity index (χ1n) is 14.9. The van der Waals surface area contributed by atoms with Crippen molar-refractivity contribution in [2.75, 3.05) is 0 Å². The minimum absolute atomic E-state index is 0. The van der Waals surface area contributed by atoms with Gasteiger partial charge in [0.05, 0.1) is 11.4 Å². The van der Waals surface area contributed by atoms with Gasteiger partial charge in [0.25, 0.3) is 0 Å². The van der Waals surface area contributed by atoms with Crippen LogP contribution in [0.5, 0.6) is 11.5 Å². The quantitative estimate of drug-likeness (QED) is 0.270. The molecule has 8 nitrogen and oxygen atoms in total. The van der Waals surface area contributed by atoms with Gasteiger partial charge in [-0.2, -0.15) is 0 Å². The first-order chi connectivity index (χ1) is 20.7. The van der Waals surface area contributed by atoms with E-state index in [2.05, 4.69) is 53.7 Å². The summed E-state index contributed by atoms with van der Waals surface area (Å²) in [6.07, 6.45) is 6.88. The van der Waals surface area contributed by atoms with Crippen molar-refractivity contribution in [1.82, 2.24) is 0 Å². The molecule has 0 amide bonds. The molecule has 0 saturated carbocycles. The standard InChI is InChI=1S/C32H40N2O2.2C2H4O2.Co/c1-7-25-15-23(13-21(3)4)17-27(31(25)35)19-33-29-11-9-10-12-30(29)34-20-28-18-24(14-22(5)6)16-26(8-2)32(28)36;2*1-2(3)4;/h9-12,15-22,35-36H,7-8,13-14H2,1-6H3;2*1H3,(H,3,4);/q;;;+2/p-2. The Morgan fingerprint density at radius 2 is 1.02 bits per heavy atom. The third-order valence-corrected chi connectivity index (χ3v) is 6.17. The molecule has 245 valence electrons. The monoisotopic (exact) mass is 661 g/mol. The Kier molecular flexibility index (Phi) is 19.1. The van der Waals surface area contributed by atoms with E-state index in [1.54, 1.807) is 12.4 Å². The summed E-state index contributed by atoms with van der Waals surface area (Å²) in [7, 11) is 0. The number of aliphatic imine (C=N–C) groups is 2. The second-order valence-corrected chi connectivity index (χ2v) is 11.3. The molecule has 2 N–H and O–H groups in total. The van der Waals surface area contributed by atoms with Crippen molar-refractivity contribution >= 4 is 35.7 Å². The van der Waals surface area contributed by atoms with Crippen molar-refractivity contribution in [3.05, 3.63) is 81.9 Å². The fourth-order valence-corrected chi connectivity index (χ4v) is 4.45. The smallest absolute Gasteiger partial charge is 0.550 e. The van der Waals surface area contributed by atoms with Crippen LogP contribution in [-0.2, 0) is 52.1 Å². The molecule has 3 aromatic rings. The molecular weight excluding hydrogens is 615 g/mol. The van der Waals surface area contributed by atoms with Gasteiger partial charge in [-0.1, -0.05) is 65.8 Å². The van der Waals surface area contributed by atoms with Gasteiger partial charge in [-0.15, -0.1) is 0 Å². The average molecular weight is 662 g/mol. The van der Waals surface area contributed by atoms with Gasteiger partial charge in [0, 0.05) is 35.5 Å². The number of hydrogen-bond acceptors (Lipinski definition) is 8. The predicted octanol–water partition coefficient (Wildman–Crippen LogP) is 5.63. The van der Waals surface area contributed by atoms with E-state index in [1.165, 1.54) is 11.1 Å². The molecule has 0 spiro atoms. The molecule has 0 heterocycles. The molecule has 0 aromatic heterocycles. The Labute approximate surface area is 278 Å². The molecule has 1 radical (unpaired) electrons. The topological polar surface area (TPSA) is 145 Å². The van der Waals surface area contributed by atoms with E-state index in [1.807, 2.05) is 36.4 Å². The summed E-state index contributed by atoms with van der Waals surface area (Å²) in [6.45, 7) is 14.8. The van der Waals surface area contributed by atoms with Gasteiger partial charge >= 0.3 is 16.8 Å². The fourth-order valence-electron chi connectivity index (χ4n) is 4.45. The zero-order valence-corrected chi connectivity index (χ0v) is 28.6. The average Bonchev–Trinajstić information content (AvgIpc) is 2.92. The van der Waals surface area contributed by atoms with E-state index in [0.717, 1.165) is 61.8 Å². The van der Waals surface area contributed by atoms with Crippen LogP contribution in [-0.4, -0.2) is 34.6 Å². The number of para-hydroxylation sites is 2. The van der Waals surface area contributed by atoms with Crippen LogP contribution in [0.15, 0.2) is 58.5 Å². The zero-order chi connectivity index (χ0) is 33.4. The first kappa shape index (κ1) is 41.0. The van der Waals surface area contributed by atoms with Crippen LogP contribution in [0.25, 0.3) is 0 Å². The van der Waals surface area contributed by atoms with E-state index in [9.17, 15) is 10.2 Å². The van der Waals surface area contributed by atoms with Gasteiger partial charge < -0.3 is 30.0 Å². The van der Waals surface area contributed by atoms with Crippen LogP contribution in [0, 0.1) is 11.8 Å². The summed E-state index contributed by atoms with van der Waals surface area (Å²) in [5.74, 6) is -0.534. The van der Waals surface area contributed by atoms with E-state index in [4.69, 9.17) is 29.8 Å². The second-order valence-electron chi connectivity index (χ2n) is 11.3. The van der Waals surface area contributed by atoms with Gasteiger partial charge in [-0.05, 0) is 97.9 Å². The van der Waals surface area contributed by atoms with Crippen molar-refractivity contribution in [1.29, 1.82) is 0 Å². The molecule has 0 fully saturated rings. The van der Waals surface area contributed by atoms with E-state index < -0.39 is 11.9 Å². The maximum Gasteiger partial charge on any atom is 2.00 e. The third-order valence-electron chi connectivity index (χ3n) is 6.17. The Balaban J connectivity index is 0.00000192. The van der Waals surface area contributed by atoms with Gasteiger partial charge in [0.2, 0.25) is 0 Å². The van der Waals surface area contributed by atoms with E-state index >= 15 is 0 Å². The summed E-state index contributed by atoms with van der Waals surface area (Å²) < 4.78 is 0. The van der Waals surface area contributed by atoms with Crippen molar-refractivity contribution in [3.63, 3.8) is 0 Å². The molecular formula is C36H46CoN2O6. The normalized spacial score (nSPS) is 10.7. The minimum atomic E-state index is -1.08. The summed E-state index contributed by atoms with van der Waals surface area (Å²) >= 11 is 0. The van der Waals surface area contributed by atoms with Crippen LogP contribution < -0.4 is 10.2 Å². The van der Waals surface area contributed by atoms with Crippen molar-refractivity contribution in [2.45, 2.75) is 81.1 Å². The summed E-state index contributed by atoms with van der Waals surface area (Å²) in [5, 5.41) is 39.3.